The molecule has 2 aromatic heterocycles. The molecule has 2 aliphatic heterocycles. The van der Waals surface area contributed by atoms with E-state index < -0.39 is 11.0 Å². The number of piperidine rings is 1. The first-order chi connectivity index (χ1) is 17.2. The molecule has 1 aliphatic carbocycles. The van der Waals surface area contributed by atoms with Gasteiger partial charge in [-0.2, -0.15) is 0 Å². The maximum absolute atomic E-state index is 12.8. The number of thioether (sulfide) groups is 1. The number of nitrogens with zero attached hydrogens (tertiary/aromatic N) is 4. The molecule has 2 aromatic rings. The van der Waals surface area contributed by atoms with Gasteiger partial charge < -0.3 is 14.8 Å². The molecular formula is C26H34N6O2S2. The van der Waals surface area contributed by atoms with Gasteiger partial charge in [-0.05, 0) is 64.0 Å². The summed E-state index contributed by atoms with van der Waals surface area (Å²) in [5, 5.41) is 1.01. The standard InChI is InChI=1S/C26H34N6O2S2/c1-25(2,3)36(34)30-22-6-5-9-26(22)10-14-32(15-11-26)24-29-16-21(19(17-33)31(24)4)35-20-8-13-28-23-18(20)7-12-27-23/h7-8,12-13,16,22,30H,5-6,9-11,14-15H2,1-4H3,(H,27,28)/t22-,36-/m1/s1. The monoisotopic (exact) mass is 526 g/mol. The van der Waals surface area contributed by atoms with Crippen molar-refractivity contribution in [2.24, 2.45) is 10.4 Å². The van der Waals surface area contributed by atoms with Gasteiger partial charge >= 0.3 is 0 Å². The molecule has 2 N–H and O–H groups in total. The predicted octanol–water partition coefficient (Wildman–Crippen LogP) is 4.20. The molecule has 3 aliphatic rings. The molecule has 4 heterocycles. The minimum atomic E-state index is -1.06. The molecule has 0 amide bonds. The Morgan fingerprint density at radius 1 is 1.25 bits per heavy atom. The first-order valence-electron chi connectivity index (χ1n) is 12.5. The second-order valence-corrected chi connectivity index (χ2v) is 14.0. The molecule has 10 heteroatoms. The summed E-state index contributed by atoms with van der Waals surface area (Å²) in [7, 11) is 0.826. The molecule has 0 aromatic carbocycles. The molecule has 1 saturated heterocycles. The highest BCUT2D eigenvalue weighted by Crippen LogP contribution is 2.47. The van der Waals surface area contributed by atoms with Crippen LogP contribution in [0.4, 0.5) is 0 Å². The fraction of sp³-hybridized carbons (Fsp3) is 0.538. The van der Waals surface area contributed by atoms with Gasteiger partial charge in [0.15, 0.2) is 5.94 Å². The van der Waals surface area contributed by atoms with Crippen molar-refractivity contribution < 1.29 is 9.00 Å². The van der Waals surface area contributed by atoms with E-state index in [1.807, 2.05) is 51.0 Å². The molecule has 0 radical (unpaired) electrons. The highest BCUT2D eigenvalue weighted by Gasteiger charge is 2.46. The summed E-state index contributed by atoms with van der Waals surface area (Å²) < 4.78 is 16.0. The molecule has 0 bridgehead atoms. The predicted molar refractivity (Wildman–Crippen MR) is 146 cm³/mol. The van der Waals surface area contributed by atoms with Crippen LogP contribution in [-0.2, 0) is 15.8 Å². The third-order valence-corrected chi connectivity index (χ3v) is 10.4. The number of carbonyl (C=O) groups excluding carboxylic acids is 1. The Kier molecular flexibility index (Phi) is 6.89. The number of pyridine rings is 1. The van der Waals surface area contributed by atoms with Gasteiger partial charge in [-0.1, -0.05) is 18.2 Å². The normalized spacial score (nSPS) is 23.1. The lowest BCUT2D eigenvalue weighted by molar-refractivity contribution is 0.123. The number of likely N-dealkylation sites (tertiary alicyclic amines) is 1. The molecule has 8 nitrogen and oxygen atoms in total. The van der Waals surface area contributed by atoms with Gasteiger partial charge in [0.25, 0.3) is 0 Å². The van der Waals surface area contributed by atoms with Gasteiger partial charge in [-0.25, -0.2) is 23.7 Å². The minimum Gasteiger partial charge on any atom is -0.346 e. The number of nitrogens with one attached hydrogen (secondary N) is 2. The van der Waals surface area contributed by atoms with Crippen LogP contribution in [0.3, 0.4) is 0 Å². The Balaban J connectivity index is 1.31. The molecule has 2 fully saturated rings. The maximum atomic E-state index is 12.8. The number of guanidine groups is 1. The van der Waals surface area contributed by atoms with Crippen molar-refractivity contribution in [2.75, 3.05) is 20.1 Å². The summed E-state index contributed by atoms with van der Waals surface area (Å²) in [6.45, 7) is 7.78. The van der Waals surface area contributed by atoms with Gasteiger partial charge in [-0.15, -0.1) is 0 Å². The Morgan fingerprint density at radius 2 is 2.03 bits per heavy atom. The first-order valence-corrected chi connectivity index (χ1v) is 14.5. The first kappa shape index (κ1) is 25.3. The summed E-state index contributed by atoms with van der Waals surface area (Å²) in [6.07, 6.45) is 10.9. The topological polar surface area (TPSA) is 93.7 Å². The number of hydrogen-bond donors (Lipinski definition) is 2. The van der Waals surface area contributed by atoms with Gasteiger partial charge in [0.1, 0.15) is 11.3 Å². The average Bonchev–Trinajstić information content (AvgIpc) is 3.48. The number of aromatic amines is 1. The third-order valence-electron chi connectivity index (χ3n) is 7.66. The number of aliphatic imine (C=N–C) groups is 1. The second-order valence-electron chi connectivity index (χ2n) is 10.9. The van der Waals surface area contributed by atoms with Crippen molar-refractivity contribution in [2.45, 2.75) is 68.6 Å². The molecule has 192 valence electrons. The van der Waals surface area contributed by atoms with Crippen LogP contribution in [0.15, 0.2) is 51.2 Å². The lowest BCUT2D eigenvalue weighted by Gasteiger charge is -2.46. The van der Waals surface area contributed by atoms with Gasteiger partial charge in [0, 0.05) is 55.1 Å². The van der Waals surface area contributed by atoms with E-state index in [1.54, 1.807) is 12.4 Å². The third kappa shape index (κ3) is 4.67. The summed E-state index contributed by atoms with van der Waals surface area (Å²) in [6, 6.07) is 4.22. The number of rotatable bonds is 4. The lowest BCUT2D eigenvalue weighted by atomic mass is 9.74. The zero-order chi connectivity index (χ0) is 25.5. The zero-order valence-electron chi connectivity index (χ0n) is 21.3. The number of aromatic nitrogens is 2. The number of likely N-dealkylation sites (N-methyl/N-ethyl adjacent to an activating group) is 1. The van der Waals surface area contributed by atoms with Crippen LogP contribution in [0.5, 0.6) is 0 Å². The molecule has 36 heavy (non-hydrogen) atoms. The highest BCUT2D eigenvalue weighted by atomic mass is 32.2. The largest absolute Gasteiger partial charge is 0.346 e. The zero-order valence-corrected chi connectivity index (χ0v) is 23.0. The van der Waals surface area contributed by atoms with E-state index in [-0.39, 0.29) is 16.2 Å². The van der Waals surface area contributed by atoms with E-state index in [0.29, 0.717) is 5.70 Å². The molecule has 1 saturated carbocycles. The Labute approximate surface area is 219 Å². The van der Waals surface area contributed by atoms with Crippen LogP contribution < -0.4 is 4.72 Å². The van der Waals surface area contributed by atoms with Crippen molar-refractivity contribution in [3.05, 3.63) is 41.3 Å². The number of fused-ring (bicyclic) bond motifs is 1. The van der Waals surface area contributed by atoms with Crippen LogP contribution in [0.2, 0.25) is 0 Å². The number of H-pyrrole nitrogens is 1. The molecule has 2 atom stereocenters. The maximum Gasteiger partial charge on any atom is 0.206 e. The Hall–Kier alpha value is -2.39. The van der Waals surface area contributed by atoms with Gasteiger partial charge in [0.05, 0.1) is 20.6 Å². The summed E-state index contributed by atoms with van der Waals surface area (Å²) in [4.78, 5) is 30.2. The fourth-order valence-electron chi connectivity index (χ4n) is 5.54. The van der Waals surface area contributed by atoms with E-state index in [1.165, 1.54) is 24.6 Å². The summed E-state index contributed by atoms with van der Waals surface area (Å²) in [5.74, 6) is 2.94. The van der Waals surface area contributed by atoms with Gasteiger partial charge in [0.2, 0.25) is 5.96 Å². The van der Waals surface area contributed by atoms with E-state index in [2.05, 4.69) is 25.5 Å². The van der Waals surface area contributed by atoms with E-state index in [0.717, 1.165) is 59.1 Å². The van der Waals surface area contributed by atoms with Crippen LogP contribution in [-0.4, -0.2) is 66.8 Å². The molecule has 1 spiro atoms. The summed E-state index contributed by atoms with van der Waals surface area (Å²) >= 11 is 1.50. The lowest BCUT2D eigenvalue weighted by Crippen LogP contribution is -2.54. The fourth-order valence-corrected chi connectivity index (χ4v) is 7.54. The highest BCUT2D eigenvalue weighted by molar-refractivity contribution is 8.03. The summed E-state index contributed by atoms with van der Waals surface area (Å²) in [5.41, 5.74) is 1.49. The second kappa shape index (κ2) is 9.82. The molecule has 0 unspecified atom stereocenters. The quantitative estimate of drug-likeness (QED) is 0.580. The van der Waals surface area contributed by atoms with Crippen molar-refractivity contribution in [1.82, 2.24) is 24.5 Å². The smallest absolute Gasteiger partial charge is 0.206 e. The van der Waals surface area contributed by atoms with Crippen LogP contribution in [0.1, 0.15) is 52.9 Å². The van der Waals surface area contributed by atoms with Crippen molar-refractivity contribution in [3.63, 3.8) is 0 Å². The molecule has 5 rings (SSSR count). The minimum absolute atomic E-state index is 0.175. The van der Waals surface area contributed by atoms with E-state index >= 15 is 0 Å². The number of hydrogen-bond acceptors (Lipinski definition) is 7. The van der Waals surface area contributed by atoms with Crippen LogP contribution in [0, 0.1) is 5.41 Å². The average molecular weight is 527 g/mol. The SMILES string of the molecule is CN1C(=C=O)C(Sc2ccnc3[nH]ccc23)=CN=C1N1CCC2(CCC[C@H]2N[S@](=O)C(C)(C)C)CC1. The van der Waals surface area contributed by atoms with Crippen LogP contribution in [0.25, 0.3) is 11.0 Å². The van der Waals surface area contributed by atoms with E-state index in [4.69, 9.17) is 4.99 Å². The van der Waals surface area contributed by atoms with Crippen molar-refractivity contribution in [1.29, 1.82) is 0 Å². The van der Waals surface area contributed by atoms with Crippen molar-refractivity contribution in [3.8, 4) is 0 Å². The van der Waals surface area contributed by atoms with Gasteiger partial charge in [-0.3, -0.25) is 0 Å². The van der Waals surface area contributed by atoms with Crippen LogP contribution >= 0.6 is 11.8 Å². The molecular weight excluding hydrogens is 492 g/mol. The van der Waals surface area contributed by atoms with Crippen molar-refractivity contribution >= 4 is 45.7 Å². The van der Waals surface area contributed by atoms with E-state index in [9.17, 15) is 9.00 Å². The Morgan fingerprint density at radius 3 is 2.75 bits per heavy atom. The Bertz CT molecular complexity index is 1280.